The highest BCUT2D eigenvalue weighted by molar-refractivity contribution is 5.56. The molecule has 0 radical (unpaired) electrons. The van der Waals surface area contributed by atoms with E-state index < -0.39 is 0 Å². The van der Waals surface area contributed by atoms with Crippen LogP contribution in [-0.2, 0) is 6.42 Å². The first-order valence-corrected chi connectivity index (χ1v) is 7.30. The van der Waals surface area contributed by atoms with E-state index in [1.807, 2.05) is 13.0 Å². The lowest BCUT2D eigenvalue weighted by Gasteiger charge is -2.34. The minimum atomic E-state index is 0.146. The zero-order valence-electron chi connectivity index (χ0n) is 11.9. The maximum Gasteiger partial charge on any atom is 0.227 e. The first kappa shape index (κ1) is 13.4. The van der Waals surface area contributed by atoms with Gasteiger partial charge in [-0.3, -0.25) is 0 Å². The highest BCUT2D eigenvalue weighted by atomic mass is 16.5. The molecule has 1 fully saturated rings. The molecule has 2 aromatic heterocycles. The zero-order valence-corrected chi connectivity index (χ0v) is 11.9. The molecule has 0 bridgehead atoms. The number of hydrogen-bond acceptors (Lipinski definition) is 5. The third kappa shape index (κ3) is 2.50. The van der Waals surface area contributed by atoms with Crippen molar-refractivity contribution in [3.8, 4) is 11.4 Å². The maximum atomic E-state index is 6.01. The summed E-state index contributed by atoms with van der Waals surface area (Å²) in [5.74, 6) is 2.10. The van der Waals surface area contributed by atoms with Crippen LogP contribution in [0.25, 0.3) is 11.4 Å². The van der Waals surface area contributed by atoms with Crippen molar-refractivity contribution in [1.82, 2.24) is 10.1 Å². The van der Waals surface area contributed by atoms with E-state index in [2.05, 4.69) is 10.1 Å². The number of nitrogens with zero attached hydrogens (tertiary/aromatic N) is 2. The van der Waals surface area contributed by atoms with Crippen LogP contribution in [0, 0.1) is 12.3 Å². The third-order valence-electron chi connectivity index (χ3n) is 4.44. The summed E-state index contributed by atoms with van der Waals surface area (Å²) in [6, 6.07) is 1.86. The average molecular weight is 275 g/mol. The van der Waals surface area contributed by atoms with E-state index in [-0.39, 0.29) is 5.41 Å². The molecule has 2 N–H and O–H groups in total. The predicted molar refractivity (Wildman–Crippen MR) is 75.0 cm³/mol. The fourth-order valence-corrected chi connectivity index (χ4v) is 3.13. The van der Waals surface area contributed by atoms with Crippen LogP contribution in [0.5, 0.6) is 0 Å². The predicted octanol–water partition coefficient (Wildman–Crippen LogP) is 3.09. The summed E-state index contributed by atoms with van der Waals surface area (Å²) in [6.45, 7) is 2.59. The Balaban J connectivity index is 1.78. The van der Waals surface area contributed by atoms with Crippen LogP contribution in [0.1, 0.15) is 43.8 Å². The number of rotatable bonds is 4. The summed E-state index contributed by atoms with van der Waals surface area (Å²) in [5.41, 5.74) is 7.05. The SMILES string of the molecule is Cc1occc1-c1noc(CC2(CN)CCCCC2)n1. The molecule has 5 nitrogen and oxygen atoms in total. The Hall–Kier alpha value is -1.62. The van der Waals surface area contributed by atoms with E-state index in [4.69, 9.17) is 14.7 Å². The van der Waals surface area contributed by atoms with Crippen molar-refractivity contribution in [2.45, 2.75) is 45.4 Å². The van der Waals surface area contributed by atoms with Gasteiger partial charge in [-0.25, -0.2) is 0 Å². The molecule has 0 aliphatic heterocycles. The summed E-state index contributed by atoms with van der Waals surface area (Å²) >= 11 is 0. The van der Waals surface area contributed by atoms with Crippen molar-refractivity contribution < 1.29 is 8.94 Å². The van der Waals surface area contributed by atoms with E-state index in [1.165, 1.54) is 19.3 Å². The van der Waals surface area contributed by atoms with Gasteiger partial charge >= 0.3 is 0 Å². The Morgan fingerprint density at radius 3 is 2.75 bits per heavy atom. The van der Waals surface area contributed by atoms with Gasteiger partial charge in [0.1, 0.15) is 5.76 Å². The standard InChI is InChI=1S/C15H21N3O2/c1-11-12(5-8-19-11)14-17-13(20-18-14)9-15(10-16)6-3-2-4-7-15/h5,8H,2-4,6-7,9-10,16H2,1H3. The van der Waals surface area contributed by atoms with Crippen LogP contribution >= 0.6 is 0 Å². The Labute approximate surface area is 118 Å². The molecular formula is C15H21N3O2. The van der Waals surface area contributed by atoms with Gasteiger partial charge in [0.25, 0.3) is 0 Å². The summed E-state index contributed by atoms with van der Waals surface area (Å²) in [4.78, 5) is 4.51. The first-order chi connectivity index (χ1) is 9.72. The van der Waals surface area contributed by atoms with Crippen molar-refractivity contribution in [1.29, 1.82) is 0 Å². The van der Waals surface area contributed by atoms with E-state index >= 15 is 0 Å². The zero-order chi connectivity index (χ0) is 14.0. The van der Waals surface area contributed by atoms with Gasteiger partial charge in [-0.15, -0.1) is 0 Å². The Bertz CT molecular complexity index is 567. The second-order valence-corrected chi connectivity index (χ2v) is 5.84. The molecule has 108 valence electrons. The molecule has 3 rings (SSSR count). The molecule has 1 saturated carbocycles. The van der Waals surface area contributed by atoms with Gasteiger partial charge < -0.3 is 14.7 Å². The monoisotopic (exact) mass is 275 g/mol. The minimum Gasteiger partial charge on any atom is -0.469 e. The molecule has 1 aliphatic carbocycles. The van der Waals surface area contributed by atoms with Gasteiger partial charge in [-0.05, 0) is 37.8 Å². The Morgan fingerprint density at radius 1 is 1.30 bits per heavy atom. The van der Waals surface area contributed by atoms with Crippen LogP contribution in [-0.4, -0.2) is 16.7 Å². The molecule has 0 amide bonds. The molecule has 0 saturated heterocycles. The topological polar surface area (TPSA) is 78.1 Å². The van der Waals surface area contributed by atoms with Gasteiger partial charge in [0.2, 0.25) is 11.7 Å². The van der Waals surface area contributed by atoms with Crippen molar-refractivity contribution >= 4 is 0 Å². The molecular weight excluding hydrogens is 254 g/mol. The second kappa shape index (κ2) is 5.40. The van der Waals surface area contributed by atoms with Crippen molar-refractivity contribution in [3.63, 3.8) is 0 Å². The van der Waals surface area contributed by atoms with Gasteiger partial charge in [0.05, 0.1) is 11.8 Å². The summed E-state index contributed by atoms with van der Waals surface area (Å²) in [7, 11) is 0. The van der Waals surface area contributed by atoms with E-state index in [9.17, 15) is 0 Å². The molecule has 2 aromatic rings. The highest BCUT2D eigenvalue weighted by Crippen LogP contribution is 2.38. The van der Waals surface area contributed by atoms with E-state index in [0.717, 1.165) is 30.6 Å². The fraction of sp³-hybridized carbons (Fsp3) is 0.600. The quantitative estimate of drug-likeness (QED) is 0.927. The normalized spacial score (nSPS) is 18.3. The van der Waals surface area contributed by atoms with Gasteiger partial charge in [-0.1, -0.05) is 24.4 Å². The number of furan rings is 1. The Morgan fingerprint density at radius 2 is 2.10 bits per heavy atom. The lowest BCUT2D eigenvalue weighted by atomic mass is 9.72. The summed E-state index contributed by atoms with van der Waals surface area (Å²) < 4.78 is 10.7. The average Bonchev–Trinajstić information content (AvgIpc) is 3.08. The second-order valence-electron chi connectivity index (χ2n) is 5.84. The van der Waals surface area contributed by atoms with Crippen LogP contribution in [0.2, 0.25) is 0 Å². The molecule has 0 aromatic carbocycles. The van der Waals surface area contributed by atoms with Crippen molar-refractivity contribution in [2.24, 2.45) is 11.1 Å². The molecule has 0 unspecified atom stereocenters. The Kier molecular flexibility index (Phi) is 3.61. The lowest BCUT2D eigenvalue weighted by Crippen LogP contribution is -2.35. The maximum absolute atomic E-state index is 6.01. The molecule has 0 atom stereocenters. The fourth-order valence-electron chi connectivity index (χ4n) is 3.13. The first-order valence-electron chi connectivity index (χ1n) is 7.30. The third-order valence-corrected chi connectivity index (χ3v) is 4.44. The van der Waals surface area contributed by atoms with E-state index in [1.54, 1.807) is 6.26 Å². The van der Waals surface area contributed by atoms with Crippen LogP contribution in [0.15, 0.2) is 21.3 Å². The van der Waals surface area contributed by atoms with Crippen molar-refractivity contribution in [2.75, 3.05) is 6.54 Å². The van der Waals surface area contributed by atoms with E-state index in [0.29, 0.717) is 18.3 Å². The molecule has 2 heterocycles. The largest absolute Gasteiger partial charge is 0.469 e. The highest BCUT2D eigenvalue weighted by Gasteiger charge is 2.33. The number of nitrogens with two attached hydrogens (primary N) is 1. The number of aromatic nitrogens is 2. The van der Waals surface area contributed by atoms with Gasteiger partial charge in [0, 0.05) is 6.42 Å². The summed E-state index contributed by atoms with van der Waals surface area (Å²) in [5, 5.41) is 4.06. The smallest absolute Gasteiger partial charge is 0.227 e. The molecule has 5 heteroatoms. The molecule has 1 aliphatic rings. The van der Waals surface area contributed by atoms with Crippen LogP contribution < -0.4 is 5.73 Å². The number of aryl methyl sites for hydroxylation is 1. The lowest BCUT2D eigenvalue weighted by molar-refractivity contribution is 0.177. The van der Waals surface area contributed by atoms with Gasteiger partial charge in [-0.2, -0.15) is 4.98 Å². The molecule has 20 heavy (non-hydrogen) atoms. The number of hydrogen-bond donors (Lipinski definition) is 1. The minimum absolute atomic E-state index is 0.146. The van der Waals surface area contributed by atoms with Crippen LogP contribution in [0.3, 0.4) is 0 Å². The van der Waals surface area contributed by atoms with Crippen LogP contribution in [0.4, 0.5) is 0 Å². The molecule has 0 spiro atoms. The summed E-state index contributed by atoms with van der Waals surface area (Å²) in [6.07, 6.45) is 8.55. The van der Waals surface area contributed by atoms with Gasteiger partial charge in [0.15, 0.2) is 0 Å². The van der Waals surface area contributed by atoms with Crippen molar-refractivity contribution in [3.05, 3.63) is 24.0 Å².